The molecule has 0 rings (SSSR count). The summed E-state index contributed by atoms with van der Waals surface area (Å²) in [7, 11) is 1.38. The van der Waals surface area contributed by atoms with Crippen molar-refractivity contribution >= 4 is 23.6 Å². The third-order valence-electron chi connectivity index (χ3n) is 3.23. The van der Waals surface area contributed by atoms with Crippen LogP contribution >= 0.6 is 0 Å². The van der Waals surface area contributed by atoms with Gasteiger partial charge in [0, 0.05) is 24.9 Å². The fraction of sp³-hybridized carbons (Fsp3) is 0.714. The summed E-state index contributed by atoms with van der Waals surface area (Å²) in [5.41, 5.74) is 3.20. The van der Waals surface area contributed by atoms with E-state index in [4.69, 9.17) is 0 Å². The van der Waals surface area contributed by atoms with E-state index in [-0.39, 0.29) is 11.8 Å². The lowest BCUT2D eigenvalue weighted by Crippen LogP contribution is -2.51. The van der Waals surface area contributed by atoms with Crippen LogP contribution in [0.5, 0.6) is 0 Å². The summed E-state index contributed by atoms with van der Waals surface area (Å²) in [6.45, 7) is 8.32. The Morgan fingerprint density at radius 2 is 1.41 bits per heavy atom. The average Bonchev–Trinajstić information content (AvgIpc) is 2.41. The quantitative estimate of drug-likeness (QED) is 0.408. The highest BCUT2D eigenvalue weighted by Gasteiger charge is 2.32. The van der Waals surface area contributed by atoms with Crippen molar-refractivity contribution in [2.45, 2.75) is 53.0 Å². The highest BCUT2D eigenvalue weighted by atomic mass is 16.2. The molecule has 8 heteroatoms. The van der Waals surface area contributed by atoms with E-state index in [1.807, 2.05) is 0 Å². The summed E-state index contributed by atoms with van der Waals surface area (Å²) >= 11 is 0. The summed E-state index contributed by atoms with van der Waals surface area (Å²) in [5, 5.41) is 4.87. The van der Waals surface area contributed by atoms with Gasteiger partial charge in [0.1, 0.15) is 0 Å². The first kappa shape index (κ1) is 19.9. The summed E-state index contributed by atoms with van der Waals surface area (Å²) in [4.78, 5) is 45.6. The van der Waals surface area contributed by atoms with Crippen LogP contribution in [0, 0.1) is 5.41 Å². The third kappa shape index (κ3) is 7.05. The minimum atomic E-state index is -0.739. The number of carbonyl (C=O) groups excluding carboxylic acids is 4. The molecule has 22 heavy (non-hydrogen) atoms. The van der Waals surface area contributed by atoms with Gasteiger partial charge < -0.3 is 10.6 Å². The molecule has 0 unspecified atom stereocenters. The van der Waals surface area contributed by atoms with E-state index in [2.05, 4.69) is 21.5 Å². The average molecular weight is 314 g/mol. The van der Waals surface area contributed by atoms with Crippen molar-refractivity contribution in [2.75, 3.05) is 7.05 Å². The monoisotopic (exact) mass is 314 g/mol. The number of carbonyl (C=O) groups is 4. The van der Waals surface area contributed by atoms with Gasteiger partial charge in [0.25, 0.3) is 0 Å². The normalized spacial score (nSPS) is 11.4. The van der Waals surface area contributed by atoms with E-state index >= 15 is 0 Å². The van der Waals surface area contributed by atoms with Gasteiger partial charge in [-0.2, -0.15) is 0 Å². The Kier molecular flexibility index (Phi) is 7.02. The fourth-order valence-electron chi connectivity index (χ4n) is 1.59. The molecule has 4 amide bonds. The second kappa shape index (κ2) is 7.77. The summed E-state index contributed by atoms with van der Waals surface area (Å²) in [6, 6.07) is 0. The van der Waals surface area contributed by atoms with Crippen molar-refractivity contribution in [2.24, 2.45) is 5.41 Å². The maximum atomic E-state index is 12.0. The Morgan fingerprint density at radius 3 is 1.86 bits per heavy atom. The Morgan fingerprint density at radius 1 is 0.864 bits per heavy atom. The zero-order chi connectivity index (χ0) is 17.6. The SMILES string of the molecule is CNC(=O)C(=O)NC(C)(C)CCC(C)(C)C(=O)NNC(C)=O. The van der Waals surface area contributed by atoms with Gasteiger partial charge in [-0.3, -0.25) is 30.0 Å². The molecule has 0 aromatic heterocycles. The molecule has 0 aliphatic heterocycles. The Hall–Kier alpha value is -2.12. The van der Waals surface area contributed by atoms with Crippen molar-refractivity contribution in [1.82, 2.24) is 21.5 Å². The van der Waals surface area contributed by atoms with Gasteiger partial charge in [0.15, 0.2) is 0 Å². The minimum Gasteiger partial charge on any atom is -0.351 e. The molecule has 0 atom stereocenters. The van der Waals surface area contributed by atoms with E-state index in [1.165, 1.54) is 14.0 Å². The van der Waals surface area contributed by atoms with Crippen molar-refractivity contribution in [3.63, 3.8) is 0 Å². The van der Waals surface area contributed by atoms with E-state index in [0.717, 1.165) is 0 Å². The van der Waals surface area contributed by atoms with Crippen molar-refractivity contribution in [1.29, 1.82) is 0 Å². The largest absolute Gasteiger partial charge is 0.351 e. The maximum absolute atomic E-state index is 12.0. The Balaban J connectivity index is 4.55. The highest BCUT2D eigenvalue weighted by molar-refractivity contribution is 6.35. The third-order valence-corrected chi connectivity index (χ3v) is 3.23. The molecule has 0 aromatic carbocycles. The van der Waals surface area contributed by atoms with E-state index in [1.54, 1.807) is 27.7 Å². The minimum absolute atomic E-state index is 0.323. The molecule has 0 fully saturated rings. The van der Waals surface area contributed by atoms with Crippen molar-refractivity contribution in [3.05, 3.63) is 0 Å². The Labute approximate surface area is 130 Å². The molecule has 0 spiro atoms. The molecule has 8 nitrogen and oxygen atoms in total. The van der Waals surface area contributed by atoms with Crippen LogP contribution in [0.1, 0.15) is 47.5 Å². The van der Waals surface area contributed by atoms with Gasteiger partial charge in [-0.15, -0.1) is 0 Å². The lowest BCUT2D eigenvalue weighted by atomic mass is 9.82. The number of amides is 4. The molecule has 4 N–H and O–H groups in total. The molecule has 0 radical (unpaired) electrons. The topological polar surface area (TPSA) is 116 Å². The van der Waals surface area contributed by atoms with Gasteiger partial charge in [-0.05, 0) is 26.7 Å². The van der Waals surface area contributed by atoms with Crippen LogP contribution in [0.3, 0.4) is 0 Å². The molecule has 0 aliphatic carbocycles. The zero-order valence-electron chi connectivity index (χ0n) is 14.0. The fourth-order valence-corrected chi connectivity index (χ4v) is 1.59. The predicted octanol–water partition coefficient (Wildman–Crippen LogP) is -0.399. The lowest BCUT2D eigenvalue weighted by molar-refractivity contribution is -0.140. The number of rotatable bonds is 5. The number of likely N-dealkylation sites (N-methyl/N-ethyl adjacent to an activating group) is 1. The highest BCUT2D eigenvalue weighted by Crippen LogP contribution is 2.26. The maximum Gasteiger partial charge on any atom is 0.309 e. The van der Waals surface area contributed by atoms with Crippen LogP contribution in [0.25, 0.3) is 0 Å². The molecule has 0 saturated heterocycles. The van der Waals surface area contributed by atoms with Crippen LogP contribution in [-0.4, -0.2) is 36.2 Å². The van der Waals surface area contributed by atoms with E-state index in [0.29, 0.717) is 12.8 Å². The second-order valence-electron chi connectivity index (χ2n) is 6.44. The number of nitrogens with one attached hydrogen (secondary N) is 4. The first-order chi connectivity index (χ1) is 9.91. The molecule has 0 aromatic rings. The standard InChI is InChI=1S/C14H26N4O4/c1-9(19)17-18-12(22)13(2,3)7-8-14(4,5)16-11(21)10(20)15-6/h7-8H2,1-6H3,(H,15,20)(H,16,21)(H,17,19)(H,18,22). The number of hydrogen-bond donors (Lipinski definition) is 4. The molecule has 0 saturated carbocycles. The van der Waals surface area contributed by atoms with Crippen LogP contribution in [-0.2, 0) is 19.2 Å². The van der Waals surface area contributed by atoms with E-state index in [9.17, 15) is 19.2 Å². The lowest BCUT2D eigenvalue weighted by Gasteiger charge is -2.31. The van der Waals surface area contributed by atoms with Gasteiger partial charge in [0.2, 0.25) is 11.8 Å². The molecular formula is C14H26N4O4. The first-order valence-corrected chi connectivity index (χ1v) is 7.02. The van der Waals surface area contributed by atoms with Crippen LogP contribution in [0.2, 0.25) is 0 Å². The van der Waals surface area contributed by atoms with Gasteiger partial charge in [-0.25, -0.2) is 0 Å². The van der Waals surface area contributed by atoms with Crippen LogP contribution < -0.4 is 21.5 Å². The van der Waals surface area contributed by atoms with E-state index < -0.39 is 22.8 Å². The smallest absolute Gasteiger partial charge is 0.309 e. The van der Waals surface area contributed by atoms with Crippen LogP contribution in [0.15, 0.2) is 0 Å². The molecule has 126 valence electrons. The molecular weight excluding hydrogens is 288 g/mol. The van der Waals surface area contributed by atoms with Crippen molar-refractivity contribution in [3.8, 4) is 0 Å². The summed E-state index contributed by atoms with van der Waals surface area (Å²) in [5.74, 6) is -2.11. The predicted molar refractivity (Wildman–Crippen MR) is 81.3 cm³/mol. The van der Waals surface area contributed by atoms with Gasteiger partial charge in [-0.1, -0.05) is 13.8 Å². The van der Waals surface area contributed by atoms with Gasteiger partial charge >= 0.3 is 11.8 Å². The molecule has 0 bridgehead atoms. The molecule has 0 heterocycles. The van der Waals surface area contributed by atoms with Gasteiger partial charge in [0.05, 0.1) is 0 Å². The van der Waals surface area contributed by atoms with Crippen molar-refractivity contribution < 1.29 is 19.2 Å². The molecule has 0 aliphatic rings. The Bertz CT molecular complexity index is 458. The summed E-state index contributed by atoms with van der Waals surface area (Å²) < 4.78 is 0. The number of hydrogen-bond acceptors (Lipinski definition) is 4. The number of hydrazine groups is 1. The zero-order valence-corrected chi connectivity index (χ0v) is 14.0. The second-order valence-corrected chi connectivity index (χ2v) is 6.44. The van der Waals surface area contributed by atoms with Crippen LogP contribution in [0.4, 0.5) is 0 Å². The first-order valence-electron chi connectivity index (χ1n) is 7.02. The summed E-state index contributed by atoms with van der Waals surface area (Å²) in [6.07, 6.45) is 0.940.